The van der Waals surface area contributed by atoms with Gasteiger partial charge in [-0.25, -0.2) is 4.98 Å². The zero-order valence-corrected chi connectivity index (χ0v) is 17.8. The van der Waals surface area contributed by atoms with Crippen molar-refractivity contribution in [1.82, 2.24) is 20.1 Å². The number of aromatic nitrogens is 3. The van der Waals surface area contributed by atoms with Gasteiger partial charge in [0.25, 0.3) is 5.19 Å². The van der Waals surface area contributed by atoms with Gasteiger partial charge in [0.05, 0.1) is 12.7 Å². The topological polar surface area (TPSA) is 80.6 Å². The van der Waals surface area contributed by atoms with E-state index in [4.69, 9.17) is 9.47 Å². The average Bonchev–Trinajstić information content (AvgIpc) is 3.28. The van der Waals surface area contributed by atoms with Crippen molar-refractivity contribution in [2.24, 2.45) is 0 Å². The third-order valence-electron chi connectivity index (χ3n) is 6.23. The molecule has 156 valence electrons. The maximum absolute atomic E-state index is 10.6. The number of benzene rings is 1. The van der Waals surface area contributed by atoms with E-state index in [1.54, 1.807) is 19.4 Å². The van der Waals surface area contributed by atoms with Crippen LogP contribution in [0.4, 0.5) is 0 Å². The molecule has 1 aromatic carbocycles. The SMILES string of the molecule is COc1cc(-c2ccc(-c3nnc(OC4CC5CCC(C4)N5C)s3)c(O)c2)ccn1. The van der Waals surface area contributed by atoms with Crippen molar-refractivity contribution in [1.29, 1.82) is 0 Å². The molecule has 1 N–H and O–H groups in total. The van der Waals surface area contributed by atoms with E-state index in [1.165, 1.54) is 24.2 Å². The molecule has 0 saturated carbocycles. The summed E-state index contributed by atoms with van der Waals surface area (Å²) in [6.45, 7) is 0. The summed E-state index contributed by atoms with van der Waals surface area (Å²) in [4.78, 5) is 6.61. The highest BCUT2D eigenvalue weighted by molar-refractivity contribution is 7.16. The van der Waals surface area contributed by atoms with Gasteiger partial charge in [-0.05, 0) is 62.1 Å². The van der Waals surface area contributed by atoms with E-state index in [-0.39, 0.29) is 11.9 Å². The Morgan fingerprint density at radius 2 is 1.83 bits per heavy atom. The number of ether oxygens (including phenoxy) is 2. The second-order valence-corrected chi connectivity index (χ2v) is 8.89. The van der Waals surface area contributed by atoms with Crippen LogP contribution in [0.1, 0.15) is 25.7 Å². The molecule has 0 radical (unpaired) electrons. The molecule has 5 rings (SSSR count). The summed E-state index contributed by atoms with van der Waals surface area (Å²) in [5.41, 5.74) is 2.44. The Morgan fingerprint density at radius 1 is 1.07 bits per heavy atom. The molecule has 0 aliphatic carbocycles. The van der Waals surface area contributed by atoms with Gasteiger partial charge in [-0.2, -0.15) is 0 Å². The number of aromatic hydroxyl groups is 1. The van der Waals surface area contributed by atoms with Crippen LogP contribution in [-0.2, 0) is 0 Å². The van der Waals surface area contributed by atoms with Crippen LogP contribution in [0.15, 0.2) is 36.5 Å². The van der Waals surface area contributed by atoms with Crippen LogP contribution >= 0.6 is 11.3 Å². The van der Waals surface area contributed by atoms with Crippen molar-refractivity contribution in [3.63, 3.8) is 0 Å². The van der Waals surface area contributed by atoms with Gasteiger partial charge in [0.1, 0.15) is 11.9 Å². The number of rotatable bonds is 5. The van der Waals surface area contributed by atoms with Crippen LogP contribution < -0.4 is 9.47 Å². The number of piperidine rings is 1. The Balaban J connectivity index is 1.32. The molecule has 3 aromatic rings. The lowest BCUT2D eigenvalue weighted by atomic mass is 10.0. The number of phenols is 1. The number of pyridine rings is 1. The van der Waals surface area contributed by atoms with Gasteiger partial charge in [0.2, 0.25) is 5.88 Å². The Labute approximate surface area is 179 Å². The predicted octanol–water partition coefficient (Wildman–Crippen LogP) is 3.99. The van der Waals surface area contributed by atoms with Crippen molar-refractivity contribution in [2.45, 2.75) is 43.9 Å². The highest BCUT2D eigenvalue weighted by atomic mass is 32.1. The number of methoxy groups -OCH3 is 1. The molecule has 2 fully saturated rings. The van der Waals surface area contributed by atoms with E-state index in [1.807, 2.05) is 24.3 Å². The summed E-state index contributed by atoms with van der Waals surface area (Å²) in [6, 6.07) is 10.5. The summed E-state index contributed by atoms with van der Waals surface area (Å²) < 4.78 is 11.3. The molecule has 0 spiro atoms. The van der Waals surface area contributed by atoms with Crippen LogP contribution in [0.5, 0.6) is 16.8 Å². The van der Waals surface area contributed by atoms with E-state index >= 15 is 0 Å². The van der Waals surface area contributed by atoms with Gasteiger partial charge in [-0.15, -0.1) is 5.10 Å². The number of hydrogen-bond donors (Lipinski definition) is 1. The van der Waals surface area contributed by atoms with Crippen LogP contribution in [-0.4, -0.2) is 57.5 Å². The van der Waals surface area contributed by atoms with Crippen molar-refractivity contribution in [3.05, 3.63) is 36.5 Å². The lowest BCUT2D eigenvalue weighted by Gasteiger charge is -2.35. The lowest BCUT2D eigenvalue weighted by molar-refractivity contribution is 0.0655. The van der Waals surface area contributed by atoms with E-state index < -0.39 is 0 Å². The van der Waals surface area contributed by atoms with Gasteiger partial charge >= 0.3 is 0 Å². The van der Waals surface area contributed by atoms with E-state index in [0.717, 1.165) is 24.0 Å². The highest BCUT2D eigenvalue weighted by Gasteiger charge is 2.39. The van der Waals surface area contributed by atoms with Crippen LogP contribution in [0.25, 0.3) is 21.7 Å². The molecule has 7 nitrogen and oxygen atoms in total. The Morgan fingerprint density at radius 3 is 2.57 bits per heavy atom. The zero-order valence-electron chi connectivity index (χ0n) is 17.0. The average molecular weight is 425 g/mol. The number of nitrogens with zero attached hydrogens (tertiary/aromatic N) is 4. The maximum atomic E-state index is 10.6. The third kappa shape index (κ3) is 3.61. The van der Waals surface area contributed by atoms with E-state index in [2.05, 4.69) is 27.1 Å². The first-order valence-corrected chi connectivity index (χ1v) is 11.0. The summed E-state index contributed by atoms with van der Waals surface area (Å²) in [6.07, 6.45) is 6.46. The van der Waals surface area contributed by atoms with E-state index in [9.17, 15) is 5.11 Å². The standard InChI is InChI=1S/C22H24N4O3S/c1-26-15-4-5-16(26)12-17(11-15)29-22-25-24-21(30-22)18-6-3-13(9-19(18)27)14-7-8-23-20(10-14)28-2/h3,6-10,15-17,27H,4-5,11-12H2,1-2H3. The fraction of sp³-hybridized carbons (Fsp3) is 0.409. The molecule has 2 saturated heterocycles. The molecule has 0 amide bonds. The normalized spacial score (nSPS) is 23.5. The molecule has 2 unspecified atom stereocenters. The quantitative estimate of drug-likeness (QED) is 0.663. The summed E-state index contributed by atoms with van der Waals surface area (Å²) in [5, 5.41) is 20.3. The molecule has 4 heterocycles. The van der Waals surface area contributed by atoms with Crippen molar-refractivity contribution in [2.75, 3.05) is 14.2 Å². The molecule has 2 atom stereocenters. The van der Waals surface area contributed by atoms with Crippen LogP contribution in [0, 0.1) is 0 Å². The van der Waals surface area contributed by atoms with Gasteiger partial charge in [-0.3, -0.25) is 0 Å². The molecule has 2 aliphatic heterocycles. The van der Waals surface area contributed by atoms with Crippen LogP contribution in [0.2, 0.25) is 0 Å². The predicted molar refractivity (Wildman–Crippen MR) is 115 cm³/mol. The van der Waals surface area contributed by atoms with Crippen LogP contribution in [0.3, 0.4) is 0 Å². The Kier molecular flexibility index (Phi) is 5.04. The second-order valence-electron chi connectivity index (χ2n) is 7.95. The van der Waals surface area contributed by atoms with Crippen molar-refractivity contribution >= 4 is 11.3 Å². The van der Waals surface area contributed by atoms with Gasteiger partial charge in [0, 0.05) is 24.3 Å². The molecule has 30 heavy (non-hydrogen) atoms. The number of phenolic OH excluding ortho intramolecular Hbond substituents is 1. The first-order chi connectivity index (χ1) is 14.6. The fourth-order valence-corrected chi connectivity index (χ4v) is 5.35. The molecule has 2 aromatic heterocycles. The van der Waals surface area contributed by atoms with E-state index in [0.29, 0.717) is 33.7 Å². The Bertz CT molecular complexity index is 1040. The molecular weight excluding hydrogens is 400 g/mol. The first kappa shape index (κ1) is 19.3. The minimum Gasteiger partial charge on any atom is -0.507 e. The minimum atomic E-state index is 0.156. The van der Waals surface area contributed by atoms with Crippen molar-refractivity contribution in [3.8, 4) is 38.5 Å². The largest absolute Gasteiger partial charge is 0.507 e. The summed E-state index contributed by atoms with van der Waals surface area (Å²) in [7, 11) is 3.80. The van der Waals surface area contributed by atoms with Gasteiger partial charge < -0.3 is 19.5 Å². The number of fused-ring (bicyclic) bond motifs is 2. The summed E-state index contributed by atoms with van der Waals surface area (Å²) >= 11 is 1.38. The molecule has 2 aliphatic rings. The smallest absolute Gasteiger partial charge is 0.294 e. The zero-order chi connectivity index (χ0) is 20.7. The number of hydrogen-bond acceptors (Lipinski definition) is 8. The minimum absolute atomic E-state index is 0.156. The van der Waals surface area contributed by atoms with Crippen molar-refractivity contribution < 1.29 is 14.6 Å². The molecule has 2 bridgehead atoms. The monoisotopic (exact) mass is 424 g/mol. The molecule has 8 heteroatoms. The first-order valence-electron chi connectivity index (χ1n) is 10.2. The highest BCUT2D eigenvalue weighted by Crippen LogP contribution is 2.39. The second kappa shape index (κ2) is 7.85. The molecular formula is C22H24N4O3S. The maximum Gasteiger partial charge on any atom is 0.294 e. The fourth-order valence-electron chi connectivity index (χ4n) is 4.56. The summed E-state index contributed by atoms with van der Waals surface area (Å²) in [5.74, 6) is 0.688. The van der Waals surface area contributed by atoms with Gasteiger partial charge in [0.15, 0.2) is 5.01 Å². The Hall–Kier alpha value is -2.71. The third-order valence-corrected chi connectivity index (χ3v) is 7.08. The lowest BCUT2D eigenvalue weighted by Crippen LogP contribution is -2.43. The van der Waals surface area contributed by atoms with Gasteiger partial charge in [-0.1, -0.05) is 22.5 Å².